The van der Waals surface area contributed by atoms with Crippen LogP contribution in [0.1, 0.15) is 0 Å². The SMILES string of the molecule is COC(OC)P(OC)O[Si](C)(C)C. The van der Waals surface area contributed by atoms with Crippen molar-refractivity contribution >= 4 is 16.7 Å². The molecule has 1 unspecified atom stereocenters. The van der Waals surface area contributed by atoms with Gasteiger partial charge >= 0.3 is 0 Å². The van der Waals surface area contributed by atoms with Crippen LogP contribution in [-0.2, 0) is 18.2 Å². The Bertz CT molecular complexity index is 135. The fourth-order valence-corrected chi connectivity index (χ4v) is 4.02. The Morgan fingerprint density at radius 2 is 1.46 bits per heavy atom. The maximum atomic E-state index is 5.76. The first kappa shape index (κ1) is 13.5. The summed E-state index contributed by atoms with van der Waals surface area (Å²) in [6.45, 7) is 6.30. The van der Waals surface area contributed by atoms with Crippen molar-refractivity contribution in [1.82, 2.24) is 0 Å². The average molecular weight is 226 g/mol. The highest BCUT2D eigenvalue weighted by atomic mass is 31.2. The van der Waals surface area contributed by atoms with Crippen molar-refractivity contribution in [2.24, 2.45) is 0 Å². The van der Waals surface area contributed by atoms with Crippen LogP contribution in [0.3, 0.4) is 0 Å². The van der Waals surface area contributed by atoms with Crippen LogP contribution in [0.5, 0.6) is 0 Å². The van der Waals surface area contributed by atoms with Gasteiger partial charge in [0.05, 0.1) is 0 Å². The smallest absolute Gasteiger partial charge is 0.227 e. The van der Waals surface area contributed by atoms with Gasteiger partial charge in [0, 0.05) is 21.3 Å². The zero-order chi connectivity index (χ0) is 10.5. The van der Waals surface area contributed by atoms with E-state index in [0.29, 0.717) is 0 Å². The van der Waals surface area contributed by atoms with Gasteiger partial charge in [0.25, 0.3) is 0 Å². The van der Waals surface area contributed by atoms with E-state index in [0.717, 1.165) is 0 Å². The van der Waals surface area contributed by atoms with E-state index in [9.17, 15) is 0 Å². The Morgan fingerprint density at radius 1 is 1.00 bits per heavy atom. The molecule has 0 amide bonds. The Labute approximate surface area is 82.6 Å². The molecular formula is C7H19O4PSi. The summed E-state index contributed by atoms with van der Waals surface area (Å²) in [5.41, 5.74) is 0. The lowest BCUT2D eigenvalue weighted by Crippen LogP contribution is -2.26. The highest BCUT2D eigenvalue weighted by Gasteiger charge is 2.29. The van der Waals surface area contributed by atoms with E-state index in [2.05, 4.69) is 19.6 Å². The zero-order valence-electron chi connectivity index (χ0n) is 9.16. The lowest BCUT2D eigenvalue weighted by Gasteiger charge is -2.28. The van der Waals surface area contributed by atoms with Gasteiger partial charge in [-0.25, -0.2) is 0 Å². The Hall–Kier alpha value is 0.487. The van der Waals surface area contributed by atoms with Crippen LogP contribution >= 0.6 is 8.38 Å². The highest BCUT2D eigenvalue weighted by Crippen LogP contribution is 2.46. The van der Waals surface area contributed by atoms with Gasteiger partial charge in [-0.3, -0.25) is 0 Å². The molecule has 0 aliphatic heterocycles. The quantitative estimate of drug-likeness (QED) is 0.396. The minimum absolute atomic E-state index is 0.397. The van der Waals surface area contributed by atoms with Gasteiger partial charge in [-0.15, -0.1) is 0 Å². The number of rotatable bonds is 6. The van der Waals surface area contributed by atoms with Crippen LogP contribution in [0.4, 0.5) is 0 Å². The molecule has 0 aromatic carbocycles. The summed E-state index contributed by atoms with van der Waals surface area (Å²) in [4.78, 5) is 0. The van der Waals surface area contributed by atoms with Gasteiger partial charge in [-0.2, -0.15) is 0 Å². The normalized spacial score (nSPS) is 15.0. The van der Waals surface area contributed by atoms with E-state index >= 15 is 0 Å². The predicted octanol–water partition coefficient (Wildman–Crippen LogP) is 2.37. The minimum Gasteiger partial charge on any atom is -0.372 e. The Kier molecular flexibility index (Phi) is 6.29. The zero-order valence-corrected chi connectivity index (χ0v) is 11.1. The fraction of sp³-hybridized carbons (Fsp3) is 1.00. The summed E-state index contributed by atoms with van der Waals surface area (Å²) in [5.74, 6) is 0. The van der Waals surface area contributed by atoms with Crippen molar-refractivity contribution in [2.75, 3.05) is 21.3 Å². The summed E-state index contributed by atoms with van der Waals surface area (Å²) >= 11 is 0. The topological polar surface area (TPSA) is 36.9 Å². The third-order valence-corrected chi connectivity index (χ3v) is 5.16. The van der Waals surface area contributed by atoms with Crippen molar-refractivity contribution in [1.29, 1.82) is 0 Å². The number of methoxy groups -OCH3 is 2. The second-order valence-corrected chi connectivity index (χ2v) is 9.76. The third-order valence-electron chi connectivity index (χ3n) is 1.12. The van der Waals surface area contributed by atoms with E-state index in [1.165, 1.54) is 0 Å². The Morgan fingerprint density at radius 3 is 1.69 bits per heavy atom. The molecular weight excluding hydrogens is 207 g/mol. The second kappa shape index (κ2) is 6.06. The monoisotopic (exact) mass is 226 g/mol. The molecule has 0 bridgehead atoms. The first-order chi connectivity index (χ1) is 5.94. The van der Waals surface area contributed by atoms with Crippen LogP contribution < -0.4 is 0 Å². The number of hydrogen-bond acceptors (Lipinski definition) is 4. The highest BCUT2D eigenvalue weighted by molar-refractivity contribution is 7.49. The molecule has 4 nitrogen and oxygen atoms in total. The number of hydrogen-bond donors (Lipinski definition) is 0. The largest absolute Gasteiger partial charge is 0.372 e. The molecule has 13 heavy (non-hydrogen) atoms. The van der Waals surface area contributed by atoms with Crippen LogP contribution in [0.2, 0.25) is 19.6 Å². The summed E-state index contributed by atoms with van der Waals surface area (Å²) in [5, 5.41) is 0. The molecule has 0 N–H and O–H groups in total. The third kappa shape index (κ3) is 5.73. The predicted molar refractivity (Wildman–Crippen MR) is 56.2 cm³/mol. The molecule has 0 aromatic rings. The molecule has 0 rings (SSSR count). The fourth-order valence-electron chi connectivity index (χ4n) is 0.705. The molecule has 0 spiro atoms. The van der Waals surface area contributed by atoms with Crippen molar-refractivity contribution in [3.05, 3.63) is 0 Å². The van der Waals surface area contributed by atoms with E-state index in [1.54, 1.807) is 21.3 Å². The van der Waals surface area contributed by atoms with Crippen LogP contribution in [0.25, 0.3) is 0 Å². The maximum Gasteiger partial charge on any atom is 0.227 e. The lowest BCUT2D eigenvalue weighted by molar-refractivity contribution is -0.0506. The van der Waals surface area contributed by atoms with Gasteiger partial charge in [0.15, 0.2) is 8.32 Å². The first-order valence-electron chi connectivity index (χ1n) is 4.02. The van der Waals surface area contributed by atoms with E-state index < -0.39 is 22.7 Å². The maximum absolute atomic E-state index is 5.76. The van der Waals surface area contributed by atoms with Crippen LogP contribution in [0, 0.1) is 0 Å². The molecule has 0 aliphatic carbocycles. The Balaban J connectivity index is 4.15. The van der Waals surface area contributed by atoms with E-state index in [4.69, 9.17) is 18.2 Å². The minimum atomic E-state index is -1.59. The summed E-state index contributed by atoms with van der Waals surface area (Å²) in [6.07, 6.45) is 0. The average Bonchev–Trinajstić information content (AvgIpc) is 2.02. The summed E-state index contributed by atoms with van der Waals surface area (Å²) in [7, 11) is 2.08. The van der Waals surface area contributed by atoms with Gasteiger partial charge in [-0.1, -0.05) is 0 Å². The van der Waals surface area contributed by atoms with Crippen LogP contribution in [0.15, 0.2) is 0 Å². The van der Waals surface area contributed by atoms with Crippen molar-refractivity contribution in [2.45, 2.75) is 25.7 Å². The molecule has 0 saturated heterocycles. The van der Waals surface area contributed by atoms with Gasteiger partial charge < -0.3 is 18.2 Å². The second-order valence-electron chi connectivity index (χ2n) is 3.45. The molecule has 6 heteroatoms. The molecule has 0 heterocycles. The first-order valence-corrected chi connectivity index (χ1v) is 8.68. The number of ether oxygens (including phenoxy) is 2. The molecule has 0 saturated carbocycles. The van der Waals surface area contributed by atoms with E-state index in [1.807, 2.05) is 0 Å². The molecule has 0 fully saturated rings. The van der Waals surface area contributed by atoms with E-state index in [-0.39, 0.29) is 0 Å². The van der Waals surface area contributed by atoms with Crippen LogP contribution in [-0.4, -0.2) is 35.7 Å². The molecule has 0 aromatic heterocycles. The molecule has 80 valence electrons. The van der Waals surface area contributed by atoms with Gasteiger partial charge in [0.1, 0.15) is 0 Å². The van der Waals surface area contributed by atoms with Crippen molar-refractivity contribution < 1.29 is 18.2 Å². The van der Waals surface area contributed by atoms with Gasteiger partial charge in [-0.05, 0) is 19.6 Å². The van der Waals surface area contributed by atoms with Crippen molar-refractivity contribution in [3.63, 3.8) is 0 Å². The summed E-state index contributed by atoms with van der Waals surface area (Å²) in [6, 6.07) is -0.397. The standard InChI is InChI=1S/C7H19O4PSi/c1-8-7(9-2)12(10-3)11-13(4,5)6/h7H,1-6H3. The lowest BCUT2D eigenvalue weighted by atomic mass is 11.3. The summed E-state index contributed by atoms with van der Waals surface area (Å²) < 4.78 is 21.1. The molecule has 1 atom stereocenters. The molecule has 0 radical (unpaired) electrons. The van der Waals surface area contributed by atoms with Crippen molar-refractivity contribution in [3.8, 4) is 0 Å². The molecule has 0 aliphatic rings. The van der Waals surface area contributed by atoms with Gasteiger partial charge in [0.2, 0.25) is 14.4 Å².